The van der Waals surface area contributed by atoms with Crippen molar-refractivity contribution in [2.24, 2.45) is 0 Å². The molecule has 4 nitrogen and oxygen atoms in total. The molecule has 0 amide bonds. The van der Waals surface area contributed by atoms with Gasteiger partial charge >= 0.3 is 0 Å². The summed E-state index contributed by atoms with van der Waals surface area (Å²) in [4.78, 5) is 16.2. The van der Waals surface area contributed by atoms with Crippen LogP contribution < -0.4 is 11.3 Å². The highest BCUT2D eigenvalue weighted by Crippen LogP contribution is 1.75. The van der Waals surface area contributed by atoms with Crippen molar-refractivity contribution in [1.82, 2.24) is 9.97 Å². The molecule has 5 heteroatoms. The van der Waals surface area contributed by atoms with Crippen molar-refractivity contribution in [3.05, 3.63) is 22.7 Å². The van der Waals surface area contributed by atoms with Gasteiger partial charge in [0.05, 0.1) is 0 Å². The number of rotatable bonds is 0. The number of anilines is 1. The van der Waals surface area contributed by atoms with Gasteiger partial charge in [-0.05, 0) is 0 Å². The minimum atomic E-state index is -0.340. The van der Waals surface area contributed by atoms with Gasteiger partial charge in [0, 0.05) is 12.4 Å². The van der Waals surface area contributed by atoms with Crippen LogP contribution in [0.15, 0.2) is 17.2 Å². The van der Waals surface area contributed by atoms with Crippen molar-refractivity contribution < 1.29 is 0 Å². The van der Waals surface area contributed by atoms with Gasteiger partial charge in [0.1, 0.15) is 0 Å². The summed E-state index contributed by atoms with van der Waals surface area (Å²) in [5.74, 6) is 0.00694. The Balaban J connectivity index is 0.000000640. The van der Waals surface area contributed by atoms with E-state index >= 15 is 0 Å². The lowest BCUT2D eigenvalue weighted by Gasteiger charge is -1.83. The number of H-pyrrole nitrogens is 1. The van der Waals surface area contributed by atoms with Gasteiger partial charge in [-0.25, -0.2) is 4.98 Å². The predicted molar refractivity (Wildman–Crippen MR) is 36.5 cm³/mol. The second kappa shape index (κ2) is 3.09. The lowest BCUT2D eigenvalue weighted by Crippen LogP contribution is -2.11. The average molecular weight is 148 g/mol. The van der Waals surface area contributed by atoms with E-state index in [-0.39, 0.29) is 23.8 Å². The lowest BCUT2D eigenvalue weighted by atomic mass is 10.7. The Hall–Kier alpha value is -1.03. The van der Waals surface area contributed by atoms with E-state index in [1.54, 1.807) is 0 Å². The van der Waals surface area contributed by atoms with Gasteiger partial charge in [0.2, 0.25) is 0 Å². The highest BCUT2D eigenvalue weighted by atomic mass is 35.5. The zero-order valence-corrected chi connectivity index (χ0v) is 5.31. The summed E-state index contributed by atoms with van der Waals surface area (Å²) >= 11 is 0. The fourth-order valence-electron chi connectivity index (χ4n) is 0.363. The Kier molecular flexibility index (Phi) is 2.73. The standard InChI is InChI=1S/C4H5N3O.ClH/c5-3-4(8)7-2-1-6-3;/h1-2H,(H2,5,6)(H,7,8);1H. The molecule has 0 bridgehead atoms. The van der Waals surface area contributed by atoms with E-state index in [1.165, 1.54) is 12.4 Å². The van der Waals surface area contributed by atoms with Gasteiger partial charge in [-0.2, -0.15) is 0 Å². The number of nitrogens with one attached hydrogen (secondary N) is 1. The minimum Gasteiger partial charge on any atom is -0.379 e. The fourth-order valence-corrected chi connectivity index (χ4v) is 0.363. The summed E-state index contributed by atoms with van der Waals surface area (Å²) in [6.07, 6.45) is 2.86. The van der Waals surface area contributed by atoms with Crippen LogP contribution in [0.3, 0.4) is 0 Å². The first-order chi connectivity index (χ1) is 3.80. The quantitative estimate of drug-likeness (QED) is 0.533. The number of hydrogen-bond donors (Lipinski definition) is 2. The van der Waals surface area contributed by atoms with E-state index in [4.69, 9.17) is 5.73 Å². The third-order valence-corrected chi connectivity index (χ3v) is 0.735. The summed E-state index contributed by atoms with van der Waals surface area (Å²) in [6.45, 7) is 0. The highest BCUT2D eigenvalue weighted by Gasteiger charge is 1.86. The first-order valence-electron chi connectivity index (χ1n) is 2.10. The average Bonchev–Trinajstić information content (AvgIpc) is 1.77. The van der Waals surface area contributed by atoms with Crippen LogP contribution in [0.2, 0.25) is 0 Å². The van der Waals surface area contributed by atoms with Crippen LogP contribution in [0.4, 0.5) is 5.82 Å². The zero-order valence-electron chi connectivity index (χ0n) is 4.50. The summed E-state index contributed by atoms with van der Waals surface area (Å²) in [6, 6.07) is 0. The van der Waals surface area contributed by atoms with Crippen LogP contribution in [0.1, 0.15) is 0 Å². The monoisotopic (exact) mass is 147 g/mol. The zero-order chi connectivity index (χ0) is 5.98. The van der Waals surface area contributed by atoms with Crippen LogP contribution in [-0.2, 0) is 0 Å². The number of aromatic nitrogens is 2. The maximum Gasteiger partial charge on any atom is 0.290 e. The van der Waals surface area contributed by atoms with E-state index in [9.17, 15) is 4.79 Å². The molecule has 1 heterocycles. The number of hydrogen-bond acceptors (Lipinski definition) is 3. The normalized spacial score (nSPS) is 8.00. The Morgan fingerprint density at radius 1 is 1.67 bits per heavy atom. The van der Waals surface area contributed by atoms with Crippen molar-refractivity contribution in [3.63, 3.8) is 0 Å². The third kappa shape index (κ3) is 1.73. The molecule has 0 unspecified atom stereocenters. The Morgan fingerprint density at radius 3 is 2.67 bits per heavy atom. The molecule has 0 spiro atoms. The molecule has 0 aliphatic carbocycles. The molecular weight excluding hydrogens is 142 g/mol. The molecule has 9 heavy (non-hydrogen) atoms. The van der Waals surface area contributed by atoms with Gasteiger partial charge in [0.15, 0.2) is 5.82 Å². The summed E-state index contributed by atoms with van der Waals surface area (Å²) in [5, 5.41) is 0. The molecule has 0 aliphatic rings. The molecule has 1 aromatic heterocycles. The first-order valence-corrected chi connectivity index (χ1v) is 2.10. The Labute approximate surface area is 57.5 Å². The molecule has 0 fully saturated rings. The molecule has 1 aromatic rings. The molecule has 0 saturated heterocycles. The van der Waals surface area contributed by atoms with Crippen LogP contribution in [0.25, 0.3) is 0 Å². The van der Waals surface area contributed by atoms with Gasteiger partial charge in [-0.1, -0.05) is 0 Å². The van der Waals surface area contributed by atoms with Crippen LogP contribution >= 0.6 is 12.4 Å². The molecule has 0 atom stereocenters. The third-order valence-electron chi connectivity index (χ3n) is 0.735. The second-order valence-corrected chi connectivity index (χ2v) is 1.30. The SMILES string of the molecule is Cl.Nc1ncc[nH]c1=O. The van der Waals surface area contributed by atoms with Gasteiger partial charge in [0.25, 0.3) is 5.56 Å². The van der Waals surface area contributed by atoms with Crippen molar-refractivity contribution >= 4 is 18.2 Å². The van der Waals surface area contributed by atoms with Crippen molar-refractivity contribution in [2.75, 3.05) is 5.73 Å². The number of nitrogens with two attached hydrogens (primary N) is 1. The molecule has 0 saturated carbocycles. The van der Waals surface area contributed by atoms with Gasteiger partial charge in [-0.15, -0.1) is 12.4 Å². The molecular formula is C4H6ClN3O. The second-order valence-electron chi connectivity index (χ2n) is 1.30. The highest BCUT2D eigenvalue weighted by molar-refractivity contribution is 5.85. The van der Waals surface area contributed by atoms with E-state index in [2.05, 4.69) is 9.97 Å². The molecule has 1 rings (SSSR count). The maximum absolute atomic E-state index is 10.4. The predicted octanol–water partition coefficient (Wildman–Crippen LogP) is -0.226. The Morgan fingerprint density at radius 2 is 2.33 bits per heavy atom. The Bertz CT molecular complexity index is 233. The van der Waals surface area contributed by atoms with Gasteiger partial charge in [-0.3, -0.25) is 4.79 Å². The van der Waals surface area contributed by atoms with Crippen LogP contribution in [0.5, 0.6) is 0 Å². The number of aromatic amines is 1. The fraction of sp³-hybridized carbons (Fsp3) is 0. The summed E-state index contributed by atoms with van der Waals surface area (Å²) in [7, 11) is 0. The van der Waals surface area contributed by atoms with Crippen LogP contribution in [-0.4, -0.2) is 9.97 Å². The lowest BCUT2D eigenvalue weighted by molar-refractivity contribution is 1.15. The van der Waals surface area contributed by atoms with Crippen molar-refractivity contribution in [2.45, 2.75) is 0 Å². The number of nitrogen functional groups attached to an aromatic ring is 1. The van der Waals surface area contributed by atoms with E-state index in [0.717, 1.165) is 0 Å². The maximum atomic E-state index is 10.4. The van der Waals surface area contributed by atoms with Crippen molar-refractivity contribution in [3.8, 4) is 0 Å². The van der Waals surface area contributed by atoms with E-state index < -0.39 is 0 Å². The van der Waals surface area contributed by atoms with Crippen LogP contribution in [0, 0.1) is 0 Å². The van der Waals surface area contributed by atoms with Gasteiger partial charge < -0.3 is 10.7 Å². The van der Waals surface area contributed by atoms with Crippen molar-refractivity contribution in [1.29, 1.82) is 0 Å². The number of nitrogens with zero attached hydrogens (tertiary/aromatic N) is 1. The number of halogens is 1. The van der Waals surface area contributed by atoms with E-state index in [0.29, 0.717) is 0 Å². The molecule has 0 radical (unpaired) electrons. The smallest absolute Gasteiger partial charge is 0.290 e. The molecule has 0 aromatic carbocycles. The summed E-state index contributed by atoms with van der Waals surface area (Å²) in [5.41, 5.74) is 4.72. The largest absolute Gasteiger partial charge is 0.379 e. The molecule has 0 aliphatic heterocycles. The molecule has 50 valence electrons. The minimum absolute atomic E-state index is 0. The topological polar surface area (TPSA) is 71.8 Å². The summed E-state index contributed by atoms with van der Waals surface area (Å²) < 4.78 is 0. The molecule has 3 N–H and O–H groups in total. The first kappa shape index (κ1) is 7.97. The van der Waals surface area contributed by atoms with E-state index in [1.807, 2.05) is 0 Å².